The SMILES string of the molecule is O=C(N[C@H]1CCc2nccn2C1)C1(c2ccc(F)cc2)CCCC1. The topological polar surface area (TPSA) is 46.9 Å². The number of hydrogen-bond acceptors (Lipinski definition) is 2. The zero-order chi connectivity index (χ0) is 16.6. The molecule has 5 heteroatoms. The number of aryl methyl sites for hydroxylation is 1. The van der Waals surface area contributed by atoms with E-state index in [9.17, 15) is 9.18 Å². The van der Waals surface area contributed by atoms with Crippen LogP contribution in [0.2, 0.25) is 0 Å². The first kappa shape index (κ1) is 15.4. The second kappa shape index (κ2) is 6.04. The molecule has 1 N–H and O–H groups in total. The Morgan fingerprint density at radius 2 is 2.00 bits per heavy atom. The Kier molecular flexibility index (Phi) is 3.87. The van der Waals surface area contributed by atoms with E-state index in [-0.39, 0.29) is 17.8 Å². The zero-order valence-corrected chi connectivity index (χ0v) is 13.7. The van der Waals surface area contributed by atoms with Crippen LogP contribution in [0.1, 0.15) is 43.5 Å². The summed E-state index contributed by atoms with van der Waals surface area (Å²) in [5, 5.41) is 3.26. The van der Waals surface area contributed by atoms with Crippen LogP contribution in [-0.2, 0) is 23.2 Å². The summed E-state index contributed by atoms with van der Waals surface area (Å²) in [6.07, 6.45) is 9.36. The molecule has 0 bridgehead atoms. The fourth-order valence-electron chi connectivity index (χ4n) is 4.20. The number of nitrogens with one attached hydrogen (secondary N) is 1. The number of amides is 1. The molecular formula is C19H22FN3O. The molecule has 1 aromatic carbocycles. The number of carbonyl (C=O) groups is 1. The maximum Gasteiger partial charge on any atom is 0.230 e. The number of nitrogens with zero attached hydrogens (tertiary/aromatic N) is 2. The van der Waals surface area contributed by atoms with E-state index in [4.69, 9.17) is 0 Å². The van der Waals surface area contributed by atoms with Gasteiger partial charge in [0.25, 0.3) is 0 Å². The number of carbonyl (C=O) groups excluding carboxylic acids is 1. The van der Waals surface area contributed by atoms with Crippen molar-refractivity contribution in [3.63, 3.8) is 0 Å². The van der Waals surface area contributed by atoms with Crippen LogP contribution in [0, 0.1) is 5.82 Å². The summed E-state index contributed by atoms with van der Waals surface area (Å²) >= 11 is 0. The lowest BCUT2D eigenvalue weighted by Gasteiger charge is -2.32. The highest BCUT2D eigenvalue weighted by atomic mass is 19.1. The number of imidazole rings is 1. The van der Waals surface area contributed by atoms with Gasteiger partial charge in [0, 0.05) is 31.4 Å². The first-order chi connectivity index (χ1) is 11.7. The molecule has 0 saturated heterocycles. The summed E-state index contributed by atoms with van der Waals surface area (Å²) < 4.78 is 15.4. The quantitative estimate of drug-likeness (QED) is 0.942. The second-order valence-corrected chi connectivity index (χ2v) is 7.00. The predicted molar refractivity (Wildman–Crippen MR) is 89.0 cm³/mol. The minimum Gasteiger partial charge on any atom is -0.351 e. The Balaban J connectivity index is 1.54. The molecule has 2 aromatic rings. The third-order valence-corrected chi connectivity index (χ3v) is 5.56. The summed E-state index contributed by atoms with van der Waals surface area (Å²) in [6.45, 7) is 0.778. The Morgan fingerprint density at radius 3 is 2.75 bits per heavy atom. The molecule has 0 spiro atoms. The summed E-state index contributed by atoms with van der Waals surface area (Å²) in [4.78, 5) is 17.5. The lowest BCUT2D eigenvalue weighted by Crippen LogP contribution is -2.49. The van der Waals surface area contributed by atoms with Crippen LogP contribution >= 0.6 is 0 Å². The van der Waals surface area contributed by atoms with Gasteiger partial charge in [-0.15, -0.1) is 0 Å². The third-order valence-electron chi connectivity index (χ3n) is 5.56. The number of hydrogen-bond donors (Lipinski definition) is 1. The van der Waals surface area contributed by atoms with E-state index >= 15 is 0 Å². The normalized spacial score (nSPS) is 22.1. The van der Waals surface area contributed by atoms with Crippen molar-refractivity contribution in [1.82, 2.24) is 14.9 Å². The number of benzene rings is 1. The summed E-state index contributed by atoms with van der Waals surface area (Å²) in [5.41, 5.74) is 0.446. The molecule has 24 heavy (non-hydrogen) atoms. The van der Waals surface area contributed by atoms with Crippen LogP contribution in [0.5, 0.6) is 0 Å². The zero-order valence-electron chi connectivity index (χ0n) is 13.7. The third kappa shape index (κ3) is 2.62. The maximum atomic E-state index is 13.3. The lowest BCUT2D eigenvalue weighted by atomic mass is 9.77. The molecule has 4 rings (SSSR count). The molecule has 0 radical (unpaired) electrons. The fourth-order valence-corrected chi connectivity index (χ4v) is 4.20. The molecule has 1 saturated carbocycles. The minimum absolute atomic E-state index is 0.0974. The standard InChI is InChI=1S/C19H22FN3O/c20-15-5-3-14(4-6-15)19(9-1-2-10-19)18(24)22-16-7-8-17-21-11-12-23(17)13-16/h3-6,11-12,16H,1-2,7-10,13H2,(H,22,24)/t16-/m0/s1. The van der Waals surface area contributed by atoms with Crippen molar-refractivity contribution in [2.45, 2.75) is 56.5 Å². The van der Waals surface area contributed by atoms with Gasteiger partial charge in [-0.2, -0.15) is 0 Å². The van der Waals surface area contributed by atoms with E-state index in [1.807, 2.05) is 12.4 Å². The van der Waals surface area contributed by atoms with Crippen molar-refractivity contribution in [2.24, 2.45) is 0 Å². The molecular weight excluding hydrogens is 305 g/mol. The van der Waals surface area contributed by atoms with Crippen LogP contribution in [0.15, 0.2) is 36.7 Å². The lowest BCUT2D eigenvalue weighted by molar-refractivity contribution is -0.127. The van der Waals surface area contributed by atoms with Gasteiger partial charge in [-0.05, 0) is 37.0 Å². The molecule has 1 aliphatic carbocycles. The highest BCUT2D eigenvalue weighted by Crippen LogP contribution is 2.41. The Hall–Kier alpha value is -2.17. The van der Waals surface area contributed by atoms with Gasteiger partial charge in [0.1, 0.15) is 11.6 Å². The van der Waals surface area contributed by atoms with E-state index < -0.39 is 5.41 Å². The molecule has 1 aromatic heterocycles. The van der Waals surface area contributed by atoms with Crippen molar-refractivity contribution in [3.8, 4) is 0 Å². The predicted octanol–water partition coefficient (Wildman–Crippen LogP) is 2.97. The van der Waals surface area contributed by atoms with Crippen molar-refractivity contribution < 1.29 is 9.18 Å². The van der Waals surface area contributed by atoms with Crippen molar-refractivity contribution >= 4 is 5.91 Å². The van der Waals surface area contributed by atoms with E-state index in [0.29, 0.717) is 0 Å². The monoisotopic (exact) mass is 327 g/mol. The highest BCUT2D eigenvalue weighted by molar-refractivity contribution is 5.88. The van der Waals surface area contributed by atoms with Gasteiger partial charge in [-0.3, -0.25) is 4.79 Å². The Morgan fingerprint density at radius 1 is 1.25 bits per heavy atom. The van der Waals surface area contributed by atoms with Crippen LogP contribution in [0.3, 0.4) is 0 Å². The summed E-state index contributed by atoms with van der Waals surface area (Å²) in [6, 6.07) is 6.60. The first-order valence-electron chi connectivity index (χ1n) is 8.74. The first-order valence-corrected chi connectivity index (χ1v) is 8.74. The average Bonchev–Trinajstić information content (AvgIpc) is 3.25. The summed E-state index contributed by atoms with van der Waals surface area (Å²) in [7, 11) is 0. The minimum atomic E-state index is -0.497. The molecule has 2 heterocycles. The second-order valence-electron chi connectivity index (χ2n) is 7.00. The van der Waals surface area contributed by atoms with Crippen molar-refractivity contribution in [3.05, 3.63) is 53.9 Å². The Bertz CT molecular complexity index is 731. The van der Waals surface area contributed by atoms with Gasteiger partial charge in [0.2, 0.25) is 5.91 Å². The van der Waals surface area contributed by atoms with Gasteiger partial charge >= 0.3 is 0 Å². The molecule has 1 aliphatic heterocycles. The smallest absolute Gasteiger partial charge is 0.230 e. The van der Waals surface area contributed by atoms with E-state index in [1.54, 1.807) is 12.1 Å². The molecule has 4 nitrogen and oxygen atoms in total. The van der Waals surface area contributed by atoms with Crippen LogP contribution in [-0.4, -0.2) is 21.5 Å². The fraction of sp³-hybridized carbons (Fsp3) is 0.474. The summed E-state index contributed by atoms with van der Waals surface area (Å²) in [5.74, 6) is 0.932. The molecule has 1 amide bonds. The Labute approximate surface area is 141 Å². The highest BCUT2D eigenvalue weighted by Gasteiger charge is 2.43. The van der Waals surface area contributed by atoms with Crippen LogP contribution in [0.4, 0.5) is 4.39 Å². The van der Waals surface area contributed by atoms with E-state index in [0.717, 1.165) is 56.5 Å². The number of rotatable bonds is 3. The number of aromatic nitrogens is 2. The molecule has 1 atom stereocenters. The van der Waals surface area contributed by atoms with Gasteiger partial charge < -0.3 is 9.88 Å². The van der Waals surface area contributed by atoms with Gasteiger partial charge in [0.15, 0.2) is 0 Å². The van der Waals surface area contributed by atoms with Crippen molar-refractivity contribution in [1.29, 1.82) is 0 Å². The average molecular weight is 327 g/mol. The number of halogens is 1. The largest absolute Gasteiger partial charge is 0.351 e. The molecule has 0 unspecified atom stereocenters. The van der Waals surface area contributed by atoms with Gasteiger partial charge in [0.05, 0.1) is 5.41 Å². The molecule has 1 fully saturated rings. The van der Waals surface area contributed by atoms with Gasteiger partial charge in [-0.1, -0.05) is 25.0 Å². The van der Waals surface area contributed by atoms with Crippen molar-refractivity contribution in [2.75, 3.05) is 0 Å². The number of fused-ring (bicyclic) bond motifs is 1. The maximum absolute atomic E-state index is 13.3. The molecule has 2 aliphatic rings. The van der Waals surface area contributed by atoms with Crippen LogP contribution in [0.25, 0.3) is 0 Å². The van der Waals surface area contributed by atoms with E-state index in [1.165, 1.54) is 12.1 Å². The van der Waals surface area contributed by atoms with E-state index in [2.05, 4.69) is 14.9 Å². The van der Waals surface area contributed by atoms with Gasteiger partial charge in [-0.25, -0.2) is 9.37 Å². The molecule has 126 valence electrons. The van der Waals surface area contributed by atoms with Crippen LogP contribution < -0.4 is 5.32 Å².